The molecule has 0 aliphatic carbocycles. The highest BCUT2D eigenvalue weighted by atomic mass is 28.4. The molecule has 0 amide bonds. The zero-order chi connectivity index (χ0) is 24.5. The molecule has 0 spiro atoms. The molecule has 0 aliphatic rings. The molecular weight excluding hydrogens is 412 g/mol. The molecular formula is C28H50O3Si. The van der Waals surface area contributed by atoms with E-state index >= 15 is 0 Å². The van der Waals surface area contributed by atoms with Crippen LogP contribution >= 0.6 is 0 Å². The molecule has 0 radical (unpaired) electrons. The van der Waals surface area contributed by atoms with E-state index in [1.54, 1.807) is 0 Å². The van der Waals surface area contributed by atoms with E-state index < -0.39 is 14.4 Å². The lowest BCUT2D eigenvalue weighted by atomic mass is 9.85. The summed E-state index contributed by atoms with van der Waals surface area (Å²) in [6.07, 6.45) is 2.40. The fourth-order valence-corrected chi connectivity index (χ4v) is 5.40. The second kappa shape index (κ2) is 13.1. The maximum absolute atomic E-state index is 10.5. The lowest BCUT2D eigenvalue weighted by molar-refractivity contribution is 0.0556. The lowest BCUT2D eigenvalue weighted by Crippen LogP contribution is -2.46. The molecule has 0 aromatic heterocycles. The minimum absolute atomic E-state index is 0.0506. The normalized spacial score (nSPS) is 17.4. The van der Waals surface area contributed by atoms with Crippen molar-refractivity contribution in [2.45, 2.75) is 105 Å². The van der Waals surface area contributed by atoms with Crippen LogP contribution in [0.15, 0.2) is 42.5 Å². The molecule has 1 rings (SSSR count). The van der Waals surface area contributed by atoms with Gasteiger partial charge in [-0.1, -0.05) is 84.0 Å². The minimum Gasteiger partial charge on any atom is -0.414 e. The highest BCUT2D eigenvalue weighted by Gasteiger charge is 2.40. The van der Waals surface area contributed by atoms with Crippen molar-refractivity contribution in [3.63, 3.8) is 0 Å². The fourth-order valence-electron chi connectivity index (χ4n) is 3.96. The highest BCUT2D eigenvalue weighted by molar-refractivity contribution is 6.74. The van der Waals surface area contributed by atoms with Crippen LogP contribution in [-0.2, 0) is 15.8 Å². The van der Waals surface area contributed by atoms with Gasteiger partial charge in [-0.15, -0.1) is 0 Å². The van der Waals surface area contributed by atoms with Crippen LogP contribution in [0.5, 0.6) is 0 Å². The Morgan fingerprint density at radius 3 is 2.12 bits per heavy atom. The van der Waals surface area contributed by atoms with Crippen LogP contribution in [0.2, 0.25) is 18.1 Å². The molecule has 0 saturated heterocycles. The van der Waals surface area contributed by atoms with Crippen molar-refractivity contribution in [2.75, 3.05) is 6.61 Å². The third-order valence-corrected chi connectivity index (χ3v) is 11.5. The topological polar surface area (TPSA) is 38.7 Å². The van der Waals surface area contributed by atoms with Gasteiger partial charge in [-0.2, -0.15) is 0 Å². The number of aliphatic hydroxyl groups excluding tert-OH is 1. The van der Waals surface area contributed by atoms with Crippen molar-refractivity contribution in [3.8, 4) is 0 Å². The first-order valence-electron chi connectivity index (χ1n) is 12.4. The Morgan fingerprint density at radius 2 is 1.59 bits per heavy atom. The Labute approximate surface area is 199 Å². The lowest BCUT2D eigenvalue weighted by Gasteiger charge is -2.42. The molecule has 4 heteroatoms. The van der Waals surface area contributed by atoms with E-state index in [0.717, 1.165) is 25.0 Å². The largest absolute Gasteiger partial charge is 0.414 e. The summed E-state index contributed by atoms with van der Waals surface area (Å²) in [4.78, 5) is 0. The van der Waals surface area contributed by atoms with E-state index in [-0.39, 0.29) is 11.1 Å². The predicted octanol–water partition coefficient (Wildman–Crippen LogP) is 7.61. The van der Waals surface area contributed by atoms with Crippen LogP contribution < -0.4 is 0 Å². The van der Waals surface area contributed by atoms with Crippen LogP contribution in [0.3, 0.4) is 0 Å². The quantitative estimate of drug-likeness (QED) is 0.228. The van der Waals surface area contributed by atoms with Gasteiger partial charge in [0.1, 0.15) is 0 Å². The van der Waals surface area contributed by atoms with Gasteiger partial charge in [0.2, 0.25) is 0 Å². The maximum atomic E-state index is 10.5. The van der Waals surface area contributed by atoms with Crippen molar-refractivity contribution in [3.05, 3.63) is 48.0 Å². The summed E-state index contributed by atoms with van der Waals surface area (Å²) in [5, 5.41) is 10.7. The van der Waals surface area contributed by atoms with Gasteiger partial charge in [-0.05, 0) is 61.2 Å². The van der Waals surface area contributed by atoms with E-state index in [4.69, 9.17) is 9.16 Å². The average molecular weight is 463 g/mol. The van der Waals surface area contributed by atoms with Gasteiger partial charge in [0.25, 0.3) is 0 Å². The zero-order valence-electron chi connectivity index (χ0n) is 22.3. The summed E-state index contributed by atoms with van der Waals surface area (Å²) < 4.78 is 12.8. The van der Waals surface area contributed by atoms with Gasteiger partial charge >= 0.3 is 0 Å². The number of rotatable bonds is 14. The monoisotopic (exact) mass is 462 g/mol. The third-order valence-electron chi connectivity index (χ3n) is 7.00. The Hall–Kier alpha value is -0.943. The van der Waals surface area contributed by atoms with E-state index in [1.165, 1.54) is 5.56 Å². The van der Waals surface area contributed by atoms with Crippen molar-refractivity contribution in [2.24, 2.45) is 17.8 Å². The molecule has 0 heterocycles. The number of ether oxygens (including phenoxy) is 1. The Kier molecular flexibility index (Phi) is 11.9. The van der Waals surface area contributed by atoms with Crippen LogP contribution in [0.4, 0.5) is 0 Å². The van der Waals surface area contributed by atoms with Crippen molar-refractivity contribution >= 4 is 8.32 Å². The van der Waals surface area contributed by atoms with E-state index in [1.807, 2.05) is 13.0 Å². The molecule has 0 bridgehead atoms. The number of hydrogen-bond donors (Lipinski definition) is 1. The number of benzene rings is 1. The molecule has 184 valence electrons. The molecule has 0 saturated carbocycles. The van der Waals surface area contributed by atoms with Gasteiger partial charge < -0.3 is 14.3 Å². The van der Waals surface area contributed by atoms with E-state index in [2.05, 4.69) is 85.5 Å². The van der Waals surface area contributed by atoms with Gasteiger partial charge in [0.15, 0.2) is 8.32 Å². The standard InChI is InChI=1S/C28H50O3Si/c1-21(2)26(29)18-27(31-32(9,10)28(6,7)8)24(5)17-22(3)16-23(4)19-30-20-25-14-12-11-13-15-25/h11-15,22-24,26-27,29H,1,16-20H2,2-10H3/t22-,23+,24-,26+,27+/m1/s1. The first kappa shape index (κ1) is 29.1. The number of aliphatic hydroxyl groups is 1. The van der Waals surface area contributed by atoms with Crippen molar-refractivity contribution in [1.82, 2.24) is 0 Å². The molecule has 32 heavy (non-hydrogen) atoms. The predicted molar refractivity (Wildman–Crippen MR) is 140 cm³/mol. The van der Waals surface area contributed by atoms with Gasteiger partial charge in [-0.25, -0.2) is 0 Å². The Morgan fingerprint density at radius 1 is 1.00 bits per heavy atom. The summed E-state index contributed by atoms with van der Waals surface area (Å²) >= 11 is 0. The van der Waals surface area contributed by atoms with E-state index in [9.17, 15) is 5.11 Å². The van der Waals surface area contributed by atoms with Crippen LogP contribution in [0, 0.1) is 17.8 Å². The first-order valence-corrected chi connectivity index (χ1v) is 15.3. The molecule has 1 aromatic carbocycles. The van der Waals surface area contributed by atoms with E-state index in [0.29, 0.717) is 30.8 Å². The summed E-state index contributed by atoms with van der Waals surface area (Å²) in [5.41, 5.74) is 2.04. The van der Waals surface area contributed by atoms with Crippen LogP contribution in [0.1, 0.15) is 73.3 Å². The highest BCUT2D eigenvalue weighted by Crippen LogP contribution is 2.39. The first-order chi connectivity index (χ1) is 14.7. The molecule has 0 aliphatic heterocycles. The molecule has 0 unspecified atom stereocenters. The van der Waals surface area contributed by atoms with Crippen LogP contribution in [0.25, 0.3) is 0 Å². The summed E-state index contributed by atoms with van der Waals surface area (Å²) in [6.45, 7) is 25.6. The maximum Gasteiger partial charge on any atom is 0.192 e. The summed E-state index contributed by atoms with van der Waals surface area (Å²) in [5.74, 6) is 1.47. The summed E-state index contributed by atoms with van der Waals surface area (Å²) in [6, 6.07) is 10.4. The van der Waals surface area contributed by atoms with Crippen LogP contribution in [-0.4, -0.2) is 32.2 Å². The zero-order valence-corrected chi connectivity index (χ0v) is 23.3. The molecule has 3 nitrogen and oxygen atoms in total. The second-order valence-corrected chi connectivity index (χ2v) is 16.4. The van der Waals surface area contributed by atoms with Gasteiger partial charge in [0, 0.05) is 13.0 Å². The molecule has 1 N–H and O–H groups in total. The SMILES string of the molecule is C=C(C)[C@@H](O)C[C@H](O[Si](C)(C)C(C)(C)C)[C@H](C)C[C@H](C)C[C@H](C)COCc1ccccc1. The molecule has 0 fully saturated rings. The second-order valence-electron chi connectivity index (χ2n) is 11.7. The van der Waals surface area contributed by atoms with Crippen molar-refractivity contribution < 1.29 is 14.3 Å². The molecule has 5 atom stereocenters. The van der Waals surface area contributed by atoms with Gasteiger partial charge in [-0.3, -0.25) is 0 Å². The average Bonchev–Trinajstić information content (AvgIpc) is 2.66. The Balaban J connectivity index is 2.63. The number of hydrogen-bond acceptors (Lipinski definition) is 3. The fraction of sp³-hybridized carbons (Fsp3) is 0.714. The van der Waals surface area contributed by atoms with Crippen molar-refractivity contribution in [1.29, 1.82) is 0 Å². The minimum atomic E-state index is -1.93. The smallest absolute Gasteiger partial charge is 0.192 e. The van der Waals surface area contributed by atoms with Gasteiger partial charge in [0.05, 0.1) is 18.8 Å². The Bertz CT molecular complexity index is 665. The molecule has 1 aromatic rings. The third kappa shape index (κ3) is 10.3. The summed E-state index contributed by atoms with van der Waals surface area (Å²) in [7, 11) is -1.93.